The van der Waals surface area contributed by atoms with E-state index in [0.717, 1.165) is 205 Å². The summed E-state index contributed by atoms with van der Waals surface area (Å²) in [6.45, 7) is 23.0. The highest BCUT2D eigenvalue weighted by Gasteiger charge is 2.21. The van der Waals surface area contributed by atoms with Crippen LogP contribution in [-0.2, 0) is 40.3 Å². The van der Waals surface area contributed by atoms with Gasteiger partial charge in [-0.3, -0.25) is 0 Å². The molecule has 14 heterocycles. The number of rotatable bonds is 11. The predicted molar refractivity (Wildman–Crippen MR) is 513 cm³/mol. The number of pyridine rings is 7. The first kappa shape index (κ1) is 83.2. The van der Waals surface area contributed by atoms with Crippen LogP contribution in [0, 0.1) is 25.7 Å². The Morgan fingerprint density at radius 2 is 0.640 bits per heavy atom. The Bertz CT molecular complexity index is 7570. The number of fused-ring (bicyclic) bond motifs is 21. The number of nitrogen functional groups attached to an aromatic ring is 7. The van der Waals surface area contributed by atoms with E-state index in [2.05, 4.69) is 201 Å². The Labute approximate surface area is 720 Å². The minimum Gasteiger partial charge on any atom is -0.382 e. The zero-order valence-electron chi connectivity index (χ0n) is 72.1. The van der Waals surface area contributed by atoms with Gasteiger partial charge in [-0.2, -0.15) is 0 Å². The average molecular weight is 1660 g/mol. The van der Waals surface area contributed by atoms with Crippen molar-refractivity contribution in [2.24, 2.45) is 25.9 Å². The number of nitrogens with two attached hydrogens (primary N) is 7. The second-order valence-corrected chi connectivity index (χ2v) is 32.2. The number of para-hydroxylation sites is 6. The summed E-state index contributed by atoms with van der Waals surface area (Å²) in [5.41, 5.74) is 63.7. The molecule has 14 aromatic heterocycles. The molecule has 8 aromatic carbocycles. The molecule has 630 valence electrons. The number of hydrogen-bond donors (Lipinski definition) is 7. The van der Waals surface area contributed by atoms with Gasteiger partial charge in [-0.05, 0) is 99.5 Å². The number of unbranched alkanes of at least 4 members (excludes halogenated alkanes) is 1. The summed E-state index contributed by atoms with van der Waals surface area (Å²) in [5, 5.41) is 7.73. The Hall–Kier alpha value is -15.5. The fourth-order valence-electron chi connectivity index (χ4n) is 16.1. The highest BCUT2D eigenvalue weighted by atomic mass is 15.1. The standard InChI is InChI=1S/C17H14N4.4C14H16N4.C13H14N4.C11H10N4/c18-17-15-16(13-8-4-5-9-14(13)20-17)21(11-19-15)10-12-6-2-1-3-7-12;2*1-9(2)7-18-8-16-12-13(18)10-5-3-4-6-11(10)17-14(12)15;1-3-9(2)18-8-16-12-13(18)10-6-4-5-7-11(10)17-14(12)15;1-2-3-8-18-9-16-12-13(18)10-6-4-5-7-11(10)17-14(12)15;1-7-4-5-10-9(6-7)12-11(13(14)16-10)15-8(2)17(12)3;1-15-6-13-9-10(15)7-4-2-3-5-8(7)14-11(9)12/h1-9,11H,10H2,(H2,18,20);2*3-6,8-9H,7H2,1-2H3,(H2,15,17);4-9H,3H2,1-2H3,(H2,15,17);4-7,9H,2-3,8H2,1H3,(H2,15,17);4-6H,1-3H3,(H2,14,16);2-6H,1H3,(H2,12,14). The third kappa shape index (κ3) is 16.7. The molecule has 0 amide bonds. The number of aryl methyl sites for hydroxylation is 5. The van der Waals surface area contributed by atoms with E-state index >= 15 is 0 Å². The Balaban J connectivity index is 0.000000108. The van der Waals surface area contributed by atoms with Gasteiger partial charge in [0.25, 0.3) is 0 Å². The fraction of sp³-hybridized carbons (Fsp3) is 0.216. The molecule has 1 unspecified atom stereocenters. The number of nitrogens with zero attached hydrogens (tertiary/aromatic N) is 21. The SMILES string of the molecule is CC(C)Cn1cnc2c(N)nc3ccccc3c21.CC(C)Cn1cnc2c(N)nc3ccccc3c21.CCC(C)n1cnc2c(N)nc3ccccc3c21.CCCCn1cnc2c(N)nc3ccccc3c21.Cc1ccc2nc(N)c3nc(C)n(C)c3c2c1.Cn1cnc2c(N)nc3ccccc3c21.Nc1nc2ccccc2c2c1ncn2Cc1ccccc1. The van der Waals surface area contributed by atoms with Crippen molar-refractivity contribution in [3.8, 4) is 0 Å². The van der Waals surface area contributed by atoms with Gasteiger partial charge in [0.15, 0.2) is 40.7 Å². The van der Waals surface area contributed by atoms with Crippen molar-refractivity contribution in [2.45, 2.75) is 114 Å². The highest BCUT2D eigenvalue weighted by Crippen LogP contribution is 2.36. The van der Waals surface area contributed by atoms with Gasteiger partial charge in [-0.1, -0.05) is 199 Å². The van der Waals surface area contributed by atoms with Crippen molar-refractivity contribution in [3.63, 3.8) is 0 Å². The van der Waals surface area contributed by atoms with Gasteiger partial charge < -0.3 is 72.1 Å². The Kier molecular flexibility index (Phi) is 23.7. The van der Waals surface area contributed by atoms with Crippen LogP contribution in [0.3, 0.4) is 0 Å². The molecule has 0 fully saturated rings. The molecule has 1 atom stereocenters. The maximum atomic E-state index is 6.04. The zero-order chi connectivity index (χ0) is 87.4. The van der Waals surface area contributed by atoms with E-state index in [-0.39, 0.29) is 0 Å². The number of imidazole rings is 7. The van der Waals surface area contributed by atoms with Gasteiger partial charge in [0, 0.05) is 84.0 Å². The summed E-state index contributed by atoms with van der Waals surface area (Å²) >= 11 is 0. The second kappa shape index (κ2) is 35.7. The first-order valence-corrected chi connectivity index (χ1v) is 42.0. The van der Waals surface area contributed by atoms with E-state index in [1.165, 1.54) is 11.1 Å². The van der Waals surface area contributed by atoms with Crippen LogP contribution in [0.25, 0.3) is 154 Å². The molecule has 22 aromatic rings. The van der Waals surface area contributed by atoms with Crippen LogP contribution < -0.4 is 40.1 Å². The molecule has 28 nitrogen and oxygen atoms in total. The van der Waals surface area contributed by atoms with Crippen LogP contribution in [0.5, 0.6) is 0 Å². The van der Waals surface area contributed by atoms with E-state index in [9.17, 15) is 0 Å². The first-order chi connectivity index (χ1) is 60.5. The van der Waals surface area contributed by atoms with Gasteiger partial charge in [-0.15, -0.1) is 0 Å². The molecule has 0 aliphatic rings. The number of anilines is 7. The molecule has 0 saturated heterocycles. The molecule has 0 bridgehead atoms. The summed E-state index contributed by atoms with van der Waals surface area (Å²) in [4.78, 5) is 61.5. The molecule has 125 heavy (non-hydrogen) atoms. The quantitative estimate of drug-likeness (QED) is 0.0632. The summed E-state index contributed by atoms with van der Waals surface area (Å²) in [6.07, 6.45) is 14.4. The highest BCUT2D eigenvalue weighted by molar-refractivity contribution is 6.12. The van der Waals surface area contributed by atoms with Crippen molar-refractivity contribution in [1.82, 2.24) is 102 Å². The monoisotopic (exact) mass is 1660 g/mol. The number of benzene rings is 8. The lowest BCUT2D eigenvalue weighted by Crippen LogP contribution is -2.03. The predicted octanol–water partition coefficient (Wildman–Crippen LogP) is 19.0. The maximum absolute atomic E-state index is 6.04. The molecule has 0 spiro atoms. The van der Waals surface area contributed by atoms with E-state index in [4.69, 9.17) is 40.1 Å². The van der Waals surface area contributed by atoms with E-state index in [0.29, 0.717) is 58.6 Å². The smallest absolute Gasteiger partial charge is 0.152 e. The molecule has 0 aliphatic heterocycles. The summed E-state index contributed by atoms with van der Waals surface area (Å²) in [5.74, 6) is 5.58. The van der Waals surface area contributed by atoms with Gasteiger partial charge in [0.1, 0.15) is 44.4 Å². The van der Waals surface area contributed by atoms with Gasteiger partial charge in [0.05, 0.1) is 115 Å². The van der Waals surface area contributed by atoms with Crippen molar-refractivity contribution in [3.05, 3.63) is 249 Å². The van der Waals surface area contributed by atoms with Crippen molar-refractivity contribution in [1.29, 1.82) is 0 Å². The summed E-state index contributed by atoms with van der Waals surface area (Å²) in [6, 6.07) is 65.1. The van der Waals surface area contributed by atoms with Gasteiger partial charge >= 0.3 is 0 Å². The van der Waals surface area contributed by atoms with Crippen LogP contribution in [0.1, 0.15) is 90.7 Å². The lowest BCUT2D eigenvalue weighted by Gasteiger charge is -2.13. The number of aromatic nitrogens is 21. The lowest BCUT2D eigenvalue weighted by atomic mass is 10.1. The van der Waals surface area contributed by atoms with Crippen LogP contribution >= 0.6 is 0 Å². The largest absolute Gasteiger partial charge is 0.382 e. The summed E-state index contributed by atoms with van der Waals surface area (Å²) < 4.78 is 14.9. The third-order valence-electron chi connectivity index (χ3n) is 22.3. The lowest BCUT2D eigenvalue weighted by molar-refractivity contribution is 0.533. The van der Waals surface area contributed by atoms with E-state index in [1.54, 1.807) is 6.33 Å². The maximum Gasteiger partial charge on any atom is 0.152 e. The fourth-order valence-corrected chi connectivity index (χ4v) is 16.1. The van der Waals surface area contributed by atoms with Crippen molar-refractivity contribution < 1.29 is 0 Å². The number of hydrogen-bond acceptors (Lipinski definition) is 21. The second-order valence-electron chi connectivity index (χ2n) is 32.2. The molecular formula is C97H102N28. The molecule has 28 heteroatoms. The van der Waals surface area contributed by atoms with Crippen molar-refractivity contribution >= 4 is 194 Å². The van der Waals surface area contributed by atoms with Crippen LogP contribution in [0.15, 0.2) is 232 Å². The third-order valence-corrected chi connectivity index (χ3v) is 22.3. The van der Waals surface area contributed by atoms with Crippen LogP contribution in [0.2, 0.25) is 0 Å². The van der Waals surface area contributed by atoms with Gasteiger partial charge in [-0.25, -0.2) is 69.8 Å². The molecular weight excluding hydrogens is 1560 g/mol. The molecule has 14 N–H and O–H groups in total. The van der Waals surface area contributed by atoms with Crippen molar-refractivity contribution in [2.75, 3.05) is 40.1 Å². The van der Waals surface area contributed by atoms with Crippen LogP contribution in [-0.4, -0.2) is 102 Å². The summed E-state index contributed by atoms with van der Waals surface area (Å²) in [7, 11) is 3.97. The molecule has 0 aliphatic carbocycles. The minimum absolute atomic E-state index is 0.403. The zero-order valence-corrected chi connectivity index (χ0v) is 72.1. The normalized spacial score (nSPS) is 11.7. The van der Waals surface area contributed by atoms with E-state index < -0.39 is 0 Å². The molecule has 0 saturated carbocycles. The Morgan fingerprint density at radius 1 is 0.312 bits per heavy atom. The Morgan fingerprint density at radius 3 is 1.06 bits per heavy atom. The minimum atomic E-state index is 0.403. The molecule has 0 radical (unpaired) electrons. The first-order valence-electron chi connectivity index (χ1n) is 42.0. The average Bonchev–Trinajstić information content (AvgIpc) is 1.56. The van der Waals surface area contributed by atoms with Crippen LogP contribution in [0.4, 0.5) is 40.7 Å². The van der Waals surface area contributed by atoms with E-state index in [1.807, 2.05) is 203 Å². The van der Waals surface area contributed by atoms with Gasteiger partial charge in [0.2, 0.25) is 0 Å². The molecule has 22 rings (SSSR count). The topological polar surface area (TPSA) is 397 Å².